The van der Waals surface area contributed by atoms with Crippen LogP contribution in [-0.2, 0) is 16.1 Å². The Bertz CT molecular complexity index is 1050. The average Bonchev–Trinajstić information content (AvgIpc) is 3.09. The third-order valence-corrected chi connectivity index (χ3v) is 5.69. The minimum Gasteiger partial charge on any atom is -0.493 e. The van der Waals surface area contributed by atoms with Crippen LogP contribution in [0.2, 0.25) is 0 Å². The molecule has 0 aromatic heterocycles. The highest BCUT2D eigenvalue weighted by Gasteiger charge is 2.32. The van der Waals surface area contributed by atoms with E-state index in [-0.39, 0.29) is 29.8 Å². The molecule has 0 amide bonds. The maximum absolute atomic E-state index is 11.8. The minimum atomic E-state index is -0.812. The van der Waals surface area contributed by atoms with E-state index in [1.54, 1.807) is 20.3 Å². The second-order valence-electron chi connectivity index (χ2n) is 9.99. The molecule has 1 aliphatic heterocycles. The first kappa shape index (κ1) is 24.4. The van der Waals surface area contributed by atoms with Crippen molar-refractivity contribution in [1.29, 1.82) is 0 Å². The van der Waals surface area contributed by atoms with E-state index in [0.29, 0.717) is 35.8 Å². The van der Waals surface area contributed by atoms with Crippen LogP contribution < -0.4 is 14.2 Å². The smallest absolute Gasteiger partial charge is 0.338 e. The Morgan fingerprint density at radius 2 is 1.70 bits per heavy atom. The number of aliphatic carboxylic acids is 1. The highest BCUT2D eigenvalue weighted by molar-refractivity contribution is 5.94. The number of carboxylic acids is 1. The van der Waals surface area contributed by atoms with Crippen molar-refractivity contribution in [3.63, 3.8) is 0 Å². The molecule has 7 nitrogen and oxygen atoms in total. The van der Waals surface area contributed by atoms with Gasteiger partial charge in [0.15, 0.2) is 11.5 Å². The molecule has 2 aromatic carbocycles. The number of ether oxygens (including phenoxy) is 4. The summed E-state index contributed by atoms with van der Waals surface area (Å²) in [4.78, 5) is 23.1. The van der Waals surface area contributed by atoms with Gasteiger partial charge in [0, 0.05) is 11.1 Å². The fourth-order valence-corrected chi connectivity index (χ4v) is 4.66. The Morgan fingerprint density at radius 3 is 2.33 bits per heavy atom. The summed E-state index contributed by atoms with van der Waals surface area (Å²) in [5, 5.41) is 9.23. The molecule has 33 heavy (non-hydrogen) atoms. The normalized spacial score (nSPS) is 13.3. The first-order valence-corrected chi connectivity index (χ1v) is 10.9. The van der Waals surface area contributed by atoms with Gasteiger partial charge in [-0.3, -0.25) is 4.79 Å². The van der Waals surface area contributed by atoms with Crippen molar-refractivity contribution in [2.75, 3.05) is 20.8 Å². The number of methoxy groups -OCH3 is 2. The second kappa shape index (κ2) is 9.33. The molecular weight excluding hydrogens is 424 g/mol. The lowest BCUT2D eigenvalue weighted by molar-refractivity contribution is -0.139. The molecule has 0 spiro atoms. The van der Waals surface area contributed by atoms with Crippen molar-refractivity contribution in [3.05, 3.63) is 41.5 Å². The van der Waals surface area contributed by atoms with Crippen LogP contribution in [0.15, 0.2) is 30.3 Å². The molecule has 0 atom stereocenters. The molecule has 0 fully saturated rings. The van der Waals surface area contributed by atoms with Gasteiger partial charge in [0.2, 0.25) is 5.75 Å². The first-order chi connectivity index (χ1) is 15.5. The van der Waals surface area contributed by atoms with Crippen LogP contribution in [0.3, 0.4) is 0 Å². The Hall–Kier alpha value is -3.22. The molecular formula is C26H32O7. The Kier molecular flexibility index (Phi) is 6.91. The van der Waals surface area contributed by atoms with Crippen molar-refractivity contribution in [2.45, 2.75) is 47.1 Å². The molecule has 7 heteroatoms. The van der Waals surface area contributed by atoms with Crippen LogP contribution in [0.25, 0.3) is 11.1 Å². The van der Waals surface area contributed by atoms with Crippen molar-refractivity contribution >= 4 is 11.9 Å². The van der Waals surface area contributed by atoms with E-state index in [4.69, 9.17) is 18.9 Å². The molecule has 0 saturated carbocycles. The van der Waals surface area contributed by atoms with Gasteiger partial charge in [-0.25, -0.2) is 4.79 Å². The summed E-state index contributed by atoms with van der Waals surface area (Å²) < 4.78 is 22.6. The summed E-state index contributed by atoms with van der Waals surface area (Å²) in [5.74, 6) is 0.424. The third-order valence-electron chi connectivity index (χ3n) is 5.69. The van der Waals surface area contributed by atoms with E-state index in [2.05, 4.69) is 13.8 Å². The van der Waals surface area contributed by atoms with E-state index in [1.165, 1.54) is 0 Å². The van der Waals surface area contributed by atoms with E-state index in [9.17, 15) is 14.7 Å². The lowest BCUT2D eigenvalue weighted by Gasteiger charge is -2.34. The summed E-state index contributed by atoms with van der Waals surface area (Å²) in [6, 6.07) is 9.27. The van der Waals surface area contributed by atoms with Gasteiger partial charge in [-0.05, 0) is 47.1 Å². The van der Waals surface area contributed by atoms with Crippen LogP contribution >= 0.6 is 0 Å². The van der Waals surface area contributed by atoms with E-state index >= 15 is 0 Å². The number of rotatable bonds is 10. The first-order valence-electron chi connectivity index (χ1n) is 10.9. The third kappa shape index (κ3) is 5.59. The number of carbonyl (C=O) groups excluding carboxylic acids is 1. The molecule has 1 heterocycles. The monoisotopic (exact) mass is 456 g/mol. The molecule has 1 aliphatic rings. The molecule has 0 aliphatic carbocycles. The highest BCUT2D eigenvalue weighted by Crippen LogP contribution is 2.46. The van der Waals surface area contributed by atoms with Crippen LogP contribution in [0, 0.1) is 10.8 Å². The zero-order valence-electron chi connectivity index (χ0n) is 20.1. The van der Waals surface area contributed by atoms with E-state index < -0.39 is 5.97 Å². The number of cyclic esters (lactones) is 1. The van der Waals surface area contributed by atoms with Gasteiger partial charge in [0.1, 0.15) is 6.61 Å². The second-order valence-corrected chi connectivity index (χ2v) is 9.99. The number of hydrogen-bond acceptors (Lipinski definition) is 6. The lowest BCUT2D eigenvalue weighted by atomic mass is 9.74. The number of benzene rings is 2. The van der Waals surface area contributed by atoms with E-state index in [1.807, 2.05) is 38.1 Å². The Balaban J connectivity index is 1.95. The molecule has 1 N–H and O–H groups in total. The number of carbonyl (C=O) groups is 2. The van der Waals surface area contributed by atoms with Crippen LogP contribution in [-0.4, -0.2) is 37.9 Å². The average molecular weight is 457 g/mol. The lowest BCUT2D eigenvalue weighted by Crippen LogP contribution is -2.30. The molecule has 0 saturated heterocycles. The number of carboxylic acid groups (broad SMARTS) is 1. The maximum Gasteiger partial charge on any atom is 0.338 e. The van der Waals surface area contributed by atoms with Gasteiger partial charge in [0.05, 0.1) is 32.8 Å². The fraction of sp³-hybridized carbons (Fsp3) is 0.462. The molecule has 3 rings (SSSR count). The zero-order valence-corrected chi connectivity index (χ0v) is 20.1. The molecule has 0 bridgehead atoms. The largest absolute Gasteiger partial charge is 0.493 e. The van der Waals surface area contributed by atoms with Crippen molar-refractivity contribution in [2.24, 2.45) is 10.8 Å². The van der Waals surface area contributed by atoms with Crippen LogP contribution in [0.4, 0.5) is 0 Å². The summed E-state index contributed by atoms with van der Waals surface area (Å²) in [6.45, 7) is 8.61. The molecule has 178 valence electrons. The van der Waals surface area contributed by atoms with Gasteiger partial charge in [-0.2, -0.15) is 0 Å². The van der Waals surface area contributed by atoms with Crippen LogP contribution in [0.5, 0.6) is 17.2 Å². The van der Waals surface area contributed by atoms with Crippen molar-refractivity contribution in [1.82, 2.24) is 0 Å². The summed E-state index contributed by atoms with van der Waals surface area (Å²) in [5.41, 5.74) is 2.38. The highest BCUT2D eigenvalue weighted by atomic mass is 16.5. The van der Waals surface area contributed by atoms with Gasteiger partial charge < -0.3 is 24.1 Å². The van der Waals surface area contributed by atoms with Crippen molar-refractivity contribution in [3.8, 4) is 28.4 Å². The van der Waals surface area contributed by atoms with E-state index in [0.717, 1.165) is 16.7 Å². The SMILES string of the molecule is COc1ccc(-c2ccc3c(c2)COC3=O)c(OCC(C)(C)CC(C)(C)CC(=O)O)c1OC. The van der Waals surface area contributed by atoms with Crippen molar-refractivity contribution < 1.29 is 33.6 Å². The number of esters is 1. The number of hydrogen-bond donors (Lipinski definition) is 1. The Labute approximate surface area is 194 Å². The summed E-state index contributed by atoms with van der Waals surface area (Å²) in [7, 11) is 3.13. The van der Waals surface area contributed by atoms with Gasteiger partial charge in [0.25, 0.3) is 0 Å². The standard InChI is InChI=1S/C26H32O7/c1-25(2,12-21(27)28)14-26(3,4)15-33-22-18(9-10-20(30-5)23(22)31-6)16-7-8-19-17(11-16)13-32-24(19)29/h7-11H,12-15H2,1-6H3,(H,27,28). The molecule has 0 radical (unpaired) electrons. The topological polar surface area (TPSA) is 91.3 Å². The van der Waals surface area contributed by atoms with Gasteiger partial charge in [-0.1, -0.05) is 33.8 Å². The van der Waals surface area contributed by atoms with Gasteiger partial charge >= 0.3 is 11.9 Å². The zero-order chi connectivity index (χ0) is 24.4. The van der Waals surface area contributed by atoms with Gasteiger partial charge in [-0.15, -0.1) is 0 Å². The number of fused-ring (bicyclic) bond motifs is 1. The summed E-state index contributed by atoms with van der Waals surface area (Å²) in [6.07, 6.45) is 0.742. The maximum atomic E-state index is 11.8. The quantitative estimate of drug-likeness (QED) is 0.483. The summed E-state index contributed by atoms with van der Waals surface area (Å²) >= 11 is 0. The molecule has 0 unspecified atom stereocenters. The molecule has 2 aromatic rings. The predicted octanol–water partition coefficient (Wildman–Crippen LogP) is 5.34. The predicted molar refractivity (Wildman–Crippen MR) is 124 cm³/mol. The minimum absolute atomic E-state index is 0.0834. The Morgan fingerprint density at radius 1 is 1.00 bits per heavy atom. The fourth-order valence-electron chi connectivity index (χ4n) is 4.66. The van der Waals surface area contributed by atoms with Crippen LogP contribution in [0.1, 0.15) is 56.5 Å².